The summed E-state index contributed by atoms with van der Waals surface area (Å²) in [5, 5.41) is 1.78. The van der Waals surface area contributed by atoms with Gasteiger partial charge in [-0.25, -0.2) is 9.97 Å². The van der Waals surface area contributed by atoms with Gasteiger partial charge in [0.1, 0.15) is 6.33 Å². The van der Waals surface area contributed by atoms with Crippen molar-refractivity contribution in [3.63, 3.8) is 0 Å². The van der Waals surface area contributed by atoms with E-state index in [9.17, 15) is 0 Å². The van der Waals surface area contributed by atoms with Gasteiger partial charge in [-0.1, -0.05) is 18.3 Å². The highest BCUT2D eigenvalue weighted by atomic mass is 32.1. The van der Waals surface area contributed by atoms with E-state index in [1.54, 1.807) is 11.7 Å². The predicted octanol–water partition coefficient (Wildman–Crippen LogP) is 1.98. The molecule has 1 atom stereocenters. The highest BCUT2D eigenvalue weighted by molar-refractivity contribution is 7.79. The first-order valence-corrected chi connectivity index (χ1v) is 4.30. The van der Waals surface area contributed by atoms with Crippen molar-refractivity contribution in [3.05, 3.63) is 29.9 Å². The minimum atomic E-state index is 0.321. The van der Waals surface area contributed by atoms with Crippen LogP contribution >= 0.6 is 12.2 Å². The molecule has 0 aromatic carbocycles. The minimum absolute atomic E-state index is 0.321. The van der Waals surface area contributed by atoms with Gasteiger partial charge in [-0.2, -0.15) is 0 Å². The van der Waals surface area contributed by atoms with Gasteiger partial charge >= 0.3 is 0 Å². The molecule has 3 heteroatoms. The Labute approximate surface area is 76.4 Å². The number of hydrogen-bond acceptors (Lipinski definition) is 3. The lowest BCUT2D eigenvalue weighted by Gasteiger charge is -2.15. The molecule has 0 bridgehead atoms. The average molecular weight is 176 g/mol. The van der Waals surface area contributed by atoms with Gasteiger partial charge in [0.15, 0.2) is 0 Å². The molecular formula is C9H8N2S. The molecule has 2 rings (SSSR count). The minimum Gasteiger partial charge on any atom is -0.244 e. The van der Waals surface area contributed by atoms with Gasteiger partial charge < -0.3 is 0 Å². The summed E-state index contributed by atoms with van der Waals surface area (Å²) in [5.41, 5.74) is 2.15. The molecule has 1 aromatic rings. The number of aromatic nitrogens is 2. The maximum Gasteiger partial charge on any atom is 0.116 e. The second-order valence-electron chi connectivity index (χ2n) is 2.74. The van der Waals surface area contributed by atoms with E-state index in [2.05, 4.69) is 16.0 Å². The Hall–Kier alpha value is -1.09. The highest BCUT2D eigenvalue weighted by Gasteiger charge is 2.14. The van der Waals surface area contributed by atoms with Crippen molar-refractivity contribution in [2.45, 2.75) is 12.3 Å². The van der Waals surface area contributed by atoms with Crippen LogP contribution in [0.1, 0.15) is 23.6 Å². The molecule has 12 heavy (non-hydrogen) atoms. The van der Waals surface area contributed by atoms with Crippen LogP contribution in [0.25, 0.3) is 6.08 Å². The van der Waals surface area contributed by atoms with Crippen molar-refractivity contribution < 1.29 is 0 Å². The second-order valence-corrected chi connectivity index (χ2v) is 3.02. The van der Waals surface area contributed by atoms with Crippen LogP contribution in [-0.4, -0.2) is 15.3 Å². The Morgan fingerprint density at radius 1 is 1.58 bits per heavy atom. The van der Waals surface area contributed by atoms with Crippen LogP contribution in [0, 0.1) is 0 Å². The largest absolute Gasteiger partial charge is 0.244 e. The molecule has 0 radical (unpaired) electrons. The second kappa shape index (κ2) is 3.11. The molecule has 0 amide bonds. The van der Waals surface area contributed by atoms with Crippen LogP contribution in [0.5, 0.6) is 0 Å². The molecule has 0 N–H and O–H groups in total. The quantitative estimate of drug-likeness (QED) is 0.612. The summed E-state index contributed by atoms with van der Waals surface area (Å²) in [4.78, 5) is 8.14. The Balaban J connectivity index is 2.52. The van der Waals surface area contributed by atoms with Crippen LogP contribution in [0.15, 0.2) is 18.6 Å². The molecule has 2 nitrogen and oxygen atoms in total. The molecule has 0 spiro atoms. The fraction of sp³-hybridized carbons (Fsp3) is 0.222. The summed E-state index contributed by atoms with van der Waals surface area (Å²) in [5.74, 6) is 0.321. The number of nitrogens with zero attached hydrogens (tertiary/aromatic N) is 2. The molecule has 0 aliphatic heterocycles. The van der Waals surface area contributed by atoms with Gasteiger partial charge in [-0.3, -0.25) is 0 Å². The standard InChI is InChI=1S/C9H8N2S/c12-5-7-2-1-3-9-8(7)4-10-6-11-9/h1,3-7H,2H2. The smallest absolute Gasteiger partial charge is 0.116 e. The molecule has 1 unspecified atom stereocenters. The fourth-order valence-electron chi connectivity index (χ4n) is 1.36. The van der Waals surface area contributed by atoms with Gasteiger partial charge in [0, 0.05) is 17.7 Å². The number of fused-ring (bicyclic) bond motifs is 1. The lowest BCUT2D eigenvalue weighted by Crippen LogP contribution is -2.06. The summed E-state index contributed by atoms with van der Waals surface area (Å²) in [7, 11) is 0. The van der Waals surface area contributed by atoms with Gasteiger partial charge in [0.25, 0.3) is 0 Å². The third-order valence-corrected chi connectivity index (χ3v) is 2.33. The van der Waals surface area contributed by atoms with E-state index in [1.165, 1.54) is 0 Å². The van der Waals surface area contributed by atoms with E-state index in [0.29, 0.717) is 5.92 Å². The zero-order chi connectivity index (χ0) is 8.39. The summed E-state index contributed by atoms with van der Waals surface area (Å²) >= 11 is 4.93. The van der Waals surface area contributed by atoms with Gasteiger partial charge in [0.2, 0.25) is 0 Å². The van der Waals surface area contributed by atoms with Crippen molar-refractivity contribution in [1.29, 1.82) is 0 Å². The van der Waals surface area contributed by atoms with Gasteiger partial charge in [-0.05, 0) is 17.9 Å². The molecular weight excluding hydrogens is 168 g/mol. The van der Waals surface area contributed by atoms with Crippen molar-refractivity contribution in [2.75, 3.05) is 0 Å². The maximum absolute atomic E-state index is 4.93. The molecule has 60 valence electrons. The first kappa shape index (κ1) is 7.55. The summed E-state index contributed by atoms with van der Waals surface area (Å²) in [6.45, 7) is 0. The summed E-state index contributed by atoms with van der Waals surface area (Å²) in [6, 6.07) is 0. The van der Waals surface area contributed by atoms with E-state index in [0.717, 1.165) is 17.7 Å². The van der Waals surface area contributed by atoms with Crippen LogP contribution in [-0.2, 0) is 0 Å². The molecule has 1 aliphatic rings. The van der Waals surface area contributed by atoms with Crippen LogP contribution < -0.4 is 0 Å². The molecule has 1 aliphatic carbocycles. The van der Waals surface area contributed by atoms with E-state index in [1.807, 2.05) is 12.3 Å². The average Bonchev–Trinajstić information content (AvgIpc) is 2.17. The predicted molar refractivity (Wildman–Crippen MR) is 52.1 cm³/mol. The SMILES string of the molecule is S=CC1CC=Cc2ncncc21. The van der Waals surface area contributed by atoms with E-state index in [-0.39, 0.29) is 0 Å². The van der Waals surface area contributed by atoms with Gasteiger partial charge in [0.05, 0.1) is 5.69 Å². The Morgan fingerprint density at radius 3 is 3.33 bits per heavy atom. The molecule has 0 fully saturated rings. The first-order chi connectivity index (χ1) is 5.92. The van der Waals surface area contributed by atoms with Crippen LogP contribution in [0.4, 0.5) is 0 Å². The Bertz CT molecular complexity index is 333. The lowest BCUT2D eigenvalue weighted by atomic mass is 9.93. The normalized spacial score (nSPS) is 20.2. The highest BCUT2D eigenvalue weighted by Crippen LogP contribution is 2.25. The molecule has 1 aromatic heterocycles. The topological polar surface area (TPSA) is 25.8 Å². The number of thiocarbonyl (C=S) groups is 1. The van der Waals surface area contributed by atoms with Crippen LogP contribution in [0.2, 0.25) is 0 Å². The molecule has 1 heterocycles. The third kappa shape index (κ3) is 1.16. The van der Waals surface area contributed by atoms with Crippen molar-refractivity contribution >= 4 is 23.7 Å². The molecule has 0 saturated heterocycles. The zero-order valence-corrected chi connectivity index (χ0v) is 7.29. The van der Waals surface area contributed by atoms with Crippen molar-refractivity contribution in [2.24, 2.45) is 0 Å². The summed E-state index contributed by atoms with van der Waals surface area (Å²) in [6.07, 6.45) is 8.51. The maximum atomic E-state index is 4.93. The fourth-order valence-corrected chi connectivity index (χ4v) is 1.61. The first-order valence-electron chi connectivity index (χ1n) is 3.83. The van der Waals surface area contributed by atoms with Crippen LogP contribution in [0.3, 0.4) is 0 Å². The van der Waals surface area contributed by atoms with Crippen molar-refractivity contribution in [3.8, 4) is 0 Å². The number of hydrogen-bond donors (Lipinski definition) is 0. The zero-order valence-electron chi connectivity index (χ0n) is 6.47. The van der Waals surface area contributed by atoms with Gasteiger partial charge in [-0.15, -0.1) is 0 Å². The number of rotatable bonds is 1. The third-order valence-electron chi connectivity index (χ3n) is 2.00. The molecule has 0 saturated carbocycles. The Kier molecular flexibility index (Phi) is 1.96. The van der Waals surface area contributed by atoms with Crippen molar-refractivity contribution in [1.82, 2.24) is 9.97 Å². The monoisotopic (exact) mass is 176 g/mol. The van der Waals surface area contributed by atoms with E-state index < -0.39 is 0 Å². The summed E-state index contributed by atoms with van der Waals surface area (Å²) < 4.78 is 0. The Morgan fingerprint density at radius 2 is 2.50 bits per heavy atom. The lowest BCUT2D eigenvalue weighted by molar-refractivity contribution is 0.889. The van der Waals surface area contributed by atoms with E-state index in [4.69, 9.17) is 12.2 Å². The number of allylic oxidation sites excluding steroid dienone is 1. The van der Waals surface area contributed by atoms with E-state index >= 15 is 0 Å².